The molecule has 0 amide bonds. The molecule has 0 unspecified atom stereocenters. The molecular formula is C8H10N6O. The molecule has 0 bridgehead atoms. The van der Waals surface area contributed by atoms with Gasteiger partial charge in [-0.2, -0.15) is 0 Å². The van der Waals surface area contributed by atoms with Gasteiger partial charge in [-0.05, 0) is 6.42 Å². The summed E-state index contributed by atoms with van der Waals surface area (Å²) in [4.78, 5) is 22.2. The number of hydrogen-bond donors (Lipinski definition) is 1. The van der Waals surface area contributed by atoms with E-state index in [2.05, 4.69) is 32.6 Å². The number of aromatic nitrogens is 4. The number of imidazole rings is 1. The molecule has 0 saturated carbocycles. The lowest BCUT2D eigenvalue weighted by molar-refractivity contribution is 0.691. The standard InChI is InChI=1S/C8H10N6O/c1-2-3-14-5-11-6-7(12-13-15)9-4-10-8(6)14/h4-5H,2-3H2,1H3,(H,9,10,12,15). The van der Waals surface area contributed by atoms with E-state index in [0.29, 0.717) is 17.0 Å². The number of aryl methyl sites for hydroxylation is 1. The summed E-state index contributed by atoms with van der Waals surface area (Å²) in [5.41, 5.74) is 3.52. The van der Waals surface area contributed by atoms with Gasteiger partial charge in [-0.25, -0.2) is 20.4 Å². The number of nitroso groups, excluding NO2 is 1. The second-order valence-electron chi connectivity index (χ2n) is 3.04. The van der Waals surface area contributed by atoms with E-state index in [4.69, 9.17) is 0 Å². The Morgan fingerprint density at radius 3 is 3.07 bits per heavy atom. The van der Waals surface area contributed by atoms with E-state index in [1.54, 1.807) is 6.33 Å². The summed E-state index contributed by atoms with van der Waals surface area (Å²) < 4.78 is 1.91. The Kier molecular flexibility index (Phi) is 2.53. The monoisotopic (exact) mass is 206 g/mol. The quantitative estimate of drug-likeness (QED) is 0.602. The molecule has 0 aliphatic heterocycles. The van der Waals surface area contributed by atoms with Gasteiger partial charge in [0, 0.05) is 6.54 Å². The number of hydrogen-bond acceptors (Lipinski definition) is 5. The van der Waals surface area contributed by atoms with Crippen LogP contribution in [0.2, 0.25) is 0 Å². The van der Waals surface area contributed by atoms with Crippen LogP contribution in [0.1, 0.15) is 13.3 Å². The highest BCUT2D eigenvalue weighted by atomic mass is 16.3. The van der Waals surface area contributed by atoms with E-state index in [0.717, 1.165) is 13.0 Å². The minimum Gasteiger partial charge on any atom is -0.315 e. The molecule has 0 radical (unpaired) electrons. The van der Waals surface area contributed by atoms with Crippen LogP contribution in [0.5, 0.6) is 0 Å². The summed E-state index contributed by atoms with van der Waals surface area (Å²) in [6.07, 6.45) is 4.05. The molecule has 7 heteroatoms. The number of rotatable bonds is 4. The molecule has 0 aromatic carbocycles. The van der Waals surface area contributed by atoms with Gasteiger partial charge < -0.3 is 4.57 Å². The number of nitrogens with zero attached hydrogens (tertiary/aromatic N) is 5. The first kappa shape index (κ1) is 9.50. The van der Waals surface area contributed by atoms with Gasteiger partial charge in [0.25, 0.3) is 0 Å². The average Bonchev–Trinajstić information content (AvgIpc) is 2.64. The third-order valence-corrected chi connectivity index (χ3v) is 2.02. The smallest absolute Gasteiger partial charge is 0.180 e. The predicted octanol–water partition coefficient (Wildman–Crippen LogP) is 1.33. The Hall–Kier alpha value is -2.05. The summed E-state index contributed by atoms with van der Waals surface area (Å²) in [7, 11) is 0. The van der Waals surface area contributed by atoms with Crippen molar-refractivity contribution in [2.75, 3.05) is 5.43 Å². The van der Waals surface area contributed by atoms with Crippen molar-refractivity contribution in [2.24, 2.45) is 5.29 Å². The van der Waals surface area contributed by atoms with Crippen LogP contribution in [0.3, 0.4) is 0 Å². The summed E-state index contributed by atoms with van der Waals surface area (Å²) in [6, 6.07) is 0. The van der Waals surface area contributed by atoms with Crippen molar-refractivity contribution >= 4 is 17.0 Å². The normalized spacial score (nSPS) is 10.5. The van der Waals surface area contributed by atoms with Crippen LogP contribution >= 0.6 is 0 Å². The molecule has 2 aromatic rings. The maximum Gasteiger partial charge on any atom is 0.180 e. The van der Waals surface area contributed by atoms with Crippen molar-refractivity contribution in [3.63, 3.8) is 0 Å². The fraction of sp³-hybridized carbons (Fsp3) is 0.375. The van der Waals surface area contributed by atoms with Gasteiger partial charge in [-0.3, -0.25) is 0 Å². The van der Waals surface area contributed by atoms with Crippen LogP contribution in [0.15, 0.2) is 17.9 Å². The lowest BCUT2D eigenvalue weighted by Crippen LogP contribution is -1.98. The molecule has 0 spiro atoms. The number of nitrogens with one attached hydrogen (secondary N) is 1. The van der Waals surface area contributed by atoms with E-state index in [-0.39, 0.29) is 0 Å². The van der Waals surface area contributed by atoms with Gasteiger partial charge in [0.2, 0.25) is 0 Å². The molecule has 15 heavy (non-hydrogen) atoms. The van der Waals surface area contributed by atoms with Gasteiger partial charge >= 0.3 is 0 Å². The van der Waals surface area contributed by atoms with Crippen molar-refractivity contribution in [1.29, 1.82) is 0 Å². The maximum absolute atomic E-state index is 10.1. The lowest BCUT2D eigenvalue weighted by Gasteiger charge is -2.00. The van der Waals surface area contributed by atoms with E-state index < -0.39 is 0 Å². The number of fused-ring (bicyclic) bond motifs is 1. The lowest BCUT2D eigenvalue weighted by atomic mass is 10.4. The summed E-state index contributed by atoms with van der Waals surface area (Å²) in [5, 5.41) is 2.57. The summed E-state index contributed by atoms with van der Waals surface area (Å²) >= 11 is 0. The molecule has 2 aromatic heterocycles. The van der Waals surface area contributed by atoms with Gasteiger partial charge in [-0.15, -0.1) is 4.91 Å². The first-order valence-corrected chi connectivity index (χ1v) is 4.61. The summed E-state index contributed by atoms with van der Waals surface area (Å²) in [6.45, 7) is 2.90. The molecule has 1 N–H and O–H groups in total. The Balaban J connectivity index is 2.52. The molecular weight excluding hydrogens is 196 g/mol. The van der Waals surface area contributed by atoms with Crippen molar-refractivity contribution in [1.82, 2.24) is 19.5 Å². The maximum atomic E-state index is 10.1. The minimum atomic E-state index is 0.338. The Bertz CT molecular complexity index is 479. The summed E-state index contributed by atoms with van der Waals surface area (Å²) in [5.74, 6) is 0.338. The van der Waals surface area contributed by atoms with E-state index >= 15 is 0 Å². The molecule has 2 heterocycles. The Morgan fingerprint density at radius 2 is 2.33 bits per heavy atom. The van der Waals surface area contributed by atoms with Crippen LogP contribution in [0.4, 0.5) is 5.82 Å². The van der Waals surface area contributed by atoms with Gasteiger partial charge in [0.15, 0.2) is 17.0 Å². The first-order valence-electron chi connectivity index (χ1n) is 4.61. The second kappa shape index (κ2) is 3.99. The van der Waals surface area contributed by atoms with Crippen LogP contribution in [0, 0.1) is 4.91 Å². The fourth-order valence-corrected chi connectivity index (χ4v) is 1.41. The molecule has 2 rings (SSSR count). The molecule has 0 atom stereocenters. The predicted molar refractivity (Wildman–Crippen MR) is 55.0 cm³/mol. The number of anilines is 1. The highest BCUT2D eigenvalue weighted by molar-refractivity contribution is 5.82. The zero-order valence-corrected chi connectivity index (χ0v) is 8.21. The van der Waals surface area contributed by atoms with Crippen molar-refractivity contribution < 1.29 is 0 Å². The van der Waals surface area contributed by atoms with Crippen LogP contribution in [-0.4, -0.2) is 19.5 Å². The van der Waals surface area contributed by atoms with Gasteiger partial charge in [0.05, 0.1) is 11.6 Å². The van der Waals surface area contributed by atoms with E-state index in [1.807, 2.05) is 4.57 Å². The Morgan fingerprint density at radius 1 is 1.47 bits per heavy atom. The van der Waals surface area contributed by atoms with Crippen molar-refractivity contribution in [2.45, 2.75) is 19.9 Å². The molecule has 0 aliphatic carbocycles. The molecule has 78 valence electrons. The molecule has 0 saturated heterocycles. The third kappa shape index (κ3) is 1.63. The highest BCUT2D eigenvalue weighted by Gasteiger charge is 2.08. The fourth-order valence-electron chi connectivity index (χ4n) is 1.41. The molecule has 7 nitrogen and oxygen atoms in total. The largest absolute Gasteiger partial charge is 0.315 e. The SMILES string of the molecule is CCCn1cnc2c(NN=O)ncnc21. The zero-order valence-electron chi connectivity index (χ0n) is 8.21. The van der Waals surface area contributed by atoms with Crippen LogP contribution < -0.4 is 5.43 Å². The minimum absolute atomic E-state index is 0.338. The average molecular weight is 206 g/mol. The highest BCUT2D eigenvalue weighted by Crippen LogP contribution is 2.17. The van der Waals surface area contributed by atoms with E-state index in [9.17, 15) is 4.91 Å². The van der Waals surface area contributed by atoms with Crippen LogP contribution in [0.25, 0.3) is 11.2 Å². The van der Waals surface area contributed by atoms with E-state index in [1.165, 1.54) is 6.33 Å². The topological polar surface area (TPSA) is 85.1 Å². The Labute approximate surface area is 85.5 Å². The van der Waals surface area contributed by atoms with Crippen molar-refractivity contribution in [3.8, 4) is 0 Å². The molecule has 0 aliphatic rings. The molecule has 0 fully saturated rings. The van der Waals surface area contributed by atoms with Gasteiger partial charge in [-0.1, -0.05) is 6.92 Å². The second-order valence-corrected chi connectivity index (χ2v) is 3.04. The zero-order chi connectivity index (χ0) is 10.7. The van der Waals surface area contributed by atoms with Crippen LogP contribution in [-0.2, 0) is 6.54 Å². The third-order valence-electron chi connectivity index (χ3n) is 2.02. The van der Waals surface area contributed by atoms with Crippen molar-refractivity contribution in [3.05, 3.63) is 17.6 Å². The van der Waals surface area contributed by atoms with Gasteiger partial charge in [0.1, 0.15) is 6.33 Å². The first-order chi connectivity index (χ1) is 7.36.